The summed E-state index contributed by atoms with van der Waals surface area (Å²) in [6, 6.07) is 6.20. The third-order valence-corrected chi connectivity index (χ3v) is 3.96. The molecule has 4 nitrogen and oxygen atoms in total. The van der Waals surface area contributed by atoms with Gasteiger partial charge in [-0.1, -0.05) is 23.2 Å². The highest BCUT2D eigenvalue weighted by Crippen LogP contribution is 2.27. The molecule has 0 fully saturated rings. The predicted molar refractivity (Wildman–Crippen MR) is 84.7 cm³/mol. The molecule has 0 aliphatic carbocycles. The van der Waals surface area contributed by atoms with Crippen molar-refractivity contribution in [1.29, 1.82) is 0 Å². The number of benzene rings is 1. The summed E-state index contributed by atoms with van der Waals surface area (Å²) in [5.41, 5.74) is 0.556. The van der Waals surface area contributed by atoms with Crippen molar-refractivity contribution in [2.24, 2.45) is 0 Å². The summed E-state index contributed by atoms with van der Waals surface area (Å²) < 4.78 is 4.93. The molecule has 0 aliphatic heterocycles. The molecule has 21 heavy (non-hydrogen) atoms. The van der Waals surface area contributed by atoms with Crippen LogP contribution in [0.15, 0.2) is 29.6 Å². The van der Waals surface area contributed by atoms with E-state index in [1.54, 1.807) is 30.5 Å². The van der Waals surface area contributed by atoms with E-state index in [1.165, 1.54) is 17.4 Å². The number of hydrogen-bond donors (Lipinski definition) is 1. The first-order chi connectivity index (χ1) is 10.0. The molecule has 7 heteroatoms. The van der Waals surface area contributed by atoms with Gasteiger partial charge < -0.3 is 10.1 Å². The SMILES string of the molecule is CCOC(=O)c1ccsc1NC(=O)c1cc(Cl)ccc1Cl. The summed E-state index contributed by atoms with van der Waals surface area (Å²) in [4.78, 5) is 24.0. The average Bonchev–Trinajstić information content (AvgIpc) is 2.90. The highest BCUT2D eigenvalue weighted by molar-refractivity contribution is 7.14. The zero-order chi connectivity index (χ0) is 15.4. The van der Waals surface area contributed by atoms with Crippen LogP contribution in [0.4, 0.5) is 5.00 Å². The van der Waals surface area contributed by atoms with Gasteiger partial charge in [-0.2, -0.15) is 0 Å². The Morgan fingerprint density at radius 2 is 2.00 bits per heavy atom. The molecule has 0 radical (unpaired) electrons. The van der Waals surface area contributed by atoms with Crippen LogP contribution in [0.25, 0.3) is 0 Å². The van der Waals surface area contributed by atoms with Crippen molar-refractivity contribution in [2.75, 3.05) is 11.9 Å². The van der Waals surface area contributed by atoms with Gasteiger partial charge in [-0.05, 0) is 36.6 Å². The van der Waals surface area contributed by atoms with Gasteiger partial charge in [-0.15, -0.1) is 11.3 Å². The number of ether oxygens (including phenoxy) is 1. The Bertz CT molecular complexity index is 685. The molecular weight excluding hydrogens is 333 g/mol. The lowest BCUT2D eigenvalue weighted by Crippen LogP contribution is -2.14. The van der Waals surface area contributed by atoms with Gasteiger partial charge in [0.25, 0.3) is 5.91 Å². The molecule has 1 amide bonds. The lowest BCUT2D eigenvalue weighted by atomic mass is 10.2. The number of nitrogens with one attached hydrogen (secondary N) is 1. The molecule has 0 saturated carbocycles. The van der Waals surface area contributed by atoms with E-state index in [9.17, 15) is 9.59 Å². The van der Waals surface area contributed by atoms with Crippen LogP contribution >= 0.6 is 34.5 Å². The van der Waals surface area contributed by atoms with Crippen molar-refractivity contribution in [3.63, 3.8) is 0 Å². The zero-order valence-electron chi connectivity index (χ0n) is 11.0. The third-order valence-electron chi connectivity index (χ3n) is 2.56. The molecule has 0 bridgehead atoms. The van der Waals surface area contributed by atoms with Crippen molar-refractivity contribution in [1.82, 2.24) is 0 Å². The van der Waals surface area contributed by atoms with Crippen molar-refractivity contribution >= 4 is 51.4 Å². The Labute approximate surface area is 135 Å². The summed E-state index contributed by atoms with van der Waals surface area (Å²) in [6.45, 7) is 1.98. The van der Waals surface area contributed by atoms with E-state index in [-0.39, 0.29) is 17.2 Å². The molecule has 1 aromatic heterocycles. The van der Waals surface area contributed by atoms with Gasteiger partial charge in [-0.3, -0.25) is 4.79 Å². The van der Waals surface area contributed by atoms with Crippen LogP contribution in [0, 0.1) is 0 Å². The summed E-state index contributed by atoms with van der Waals surface area (Å²) in [5.74, 6) is -0.915. The number of anilines is 1. The summed E-state index contributed by atoms with van der Waals surface area (Å²) in [7, 11) is 0. The maximum Gasteiger partial charge on any atom is 0.341 e. The second kappa shape index (κ2) is 6.93. The lowest BCUT2D eigenvalue weighted by molar-refractivity contribution is 0.0528. The molecule has 0 unspecified atom stereocenters. The number of rotatable bonds is 4. The van der Waals surface area contributed by atoms with E-state index in [0.29, 0.717) is 15.6 Å². The number of thiophene rings is 1. The maximum atomic E-state index is 12.2. The van der Waals surface area contributed by atoms with Crippen LogP contribution in [-0.2, 0) is 4.74 Å². The van der Waals surface area contributed by atoms with Gasteiger partial charge in [0, 0.05) is 5.02 Å². The van der Waals surface area contributed by atoms with Crippen LogP contribution in [0.2, 0.25) is 10.0 Å². The molecule has 110 valence electrons. The molecule has 1 aromatic carbocycles. The number of halogens is 2. The molecule has 1 heterocycles. The minimum absolute atomic E-state index is 0.243. The summed E-state index contributed by atoms with van der Waals surface area (Å²) >= 11 is 13.1. The number of carbonyl (C=O) groups excluding carboxylic acids is 2. The first kappa shape index (κ1) is 15.8. The maximum absolute atomic E-state index is 12.2. The van der Waals surface area contributed by atoms with Crippen molar-refractivity contribution < 1.29 is 14.3 Å². The Hall–Kier alpha value is -1.56. The Morgan fingerprint density at radius 1 is 1.24 bits per heavy atom. The van der Waals surface area contributed by atoms with Crippen molar-refractivity contribution in [2.45, 2.75) is 6.92 Å². The van der Waals surface area contributed by atoms with Gasteiger partial charge in [-0.25, -0.2) is 4.79 Å². The largest absolute Gasteiger partial charge is 0.462 e. The van der Waals surface area contributed by atoms with Crippen LogP contribution in [0.3, 0.4) is 0 Å². The first-order valence-corrected chi connectivity index (χ1v) is 7.67. The second-order valence-electron chi connectivity index (χ2n) is 3.96. The normalized spacial score (nSPS) is 10.2. The predicted octanol–water partition coefficient (Wildman–Crippen LogP) is 4.48. The van der Waals surface area contributed by atoms with Crippen LogP contribution in [0.5, 0.6) is 0 Å². The molecule has 2 rings (SSSR count). The first-order valence-electron chi connectivity index (χ1n) is 6.04. The molecule has 0 spiro atoms. The smallest absolute Gasteiger partial charge is 0.341 e. The van der Waals surface area contributed by atoms with E-state index >= 15 is 0 Å². The van der Waals surface area contributed by atoms with Crippen LogP contribution < -0.4 is 5.32 Å². The van der Waals surface area contributed by atoms with E-state index in [0.717, 1.165) is 0 Å². The topological polar surface area (TPSA) is 55.4 Å². The number of esters is 1. The fourth-order valence-electron chi connectivity index (χ4n) is 1.62. The van der Waals surface area contributed by atoms with Gasteiger partial charge in [0.1, 0.15) is 5.00 Å². The van der Waals surface area contributed by atoms with Gasteiger partial charge in [0.15, 0.2) is 0 Å². The minimum Gasteiger partial charge on any atom is -0.462 e. The van der Waals surface area contributed by atoms with Crippen LogP contribution in [-0.4, -0.2) is 18.5 Å². The van der Waals surface area contributed by atoms with E-state index in [4.69, 9.17) is 27.9 Å². The zero-order valence-corrected chi connectivity index (χ0v) is 13.3. The number of carbonyl (C=O) groups is 2. The summed E-state index contributed by atoms with van der Waals surface area (Å²) in [6.07, 6.45) is 0. The van der Waals surface area contributed by atoms with Gasteiger partial charge in [0.2, 0.25) is 0 Å². The molecule has 0 atom stereocenters. The van der Waals surface area contributed by atoms with Gasteiger partial charge in [0.05, 0.1) is 22.8 Å². The fraction of sp³-hybridized carbons (Fsp3) is 0.143. The molecule has 0 saturated heterocycles. The quantitative estimate of drug-likeness (QED) is 0.832. The molecular formula is C14H11Cl2NO3S. The Morgan fingerprint density at radius 3 is 2.71 bits per heavy atom. The van der Waals surface area contributed by atoms with E-state index in [2.05, 4.69) is 5.32 Å². The molecule has 0 aliphatic rings. The van der Waals surface area contributed by atoms with Crippen molar-refractivity contribution in [3.05, 3.63) is 50.8 Å². The lowest BCUT2D eigenvalue weighted by Gasteiger charge is -2.07. The van der Waals surface area contributed by atoms with Crippen molar-refractivity contribution in [3.8, 4) is 0 Å². The number of amides is 1. The van der Waals surface area contributed by atoms with Gasteiger partial charge >= 0.3 is 5.97 Å². The molecule has 2 aromatic rings. The fourth-order valence-corrected chi connectivity index (χ4v) is 2.76. The Balaban J connectivity index is 2.22. The highest BCUT2D eigenvalue weighted by atomic mass is 35.5. The monoisotopic (exact) mass is 343 g/mol. The summed E-state index contributed by atoms with van der Waals surface area (Å²) in [5, 5.41) is 5.44. The number of hydrogen-bond acceptors (Lipinski definition) is 4. The third kappa shape index (κ3) is 3.75. The Kier molecular flexibility index (Phi) is 5.22. The average molecular weight is 344 g/mol. The standard InChI is InChI=1S/C14H11Cl2NO3S/c1-2-20-14(19)9-5-6-21-13(9)17-12(18)10-7-8(15)3-4-11(10)16/h3-7H,2H2,1H3,(H,17,18). The second-order valence-corrected chi connectivity index (χ2v) is 5.72. The highest BCUT2D eigenvalue weighted by Gasteiger charge is 2.18. The molecule has 1 N–H and O–H groups in total. The van der Waals surface area contributed by atoms with E-state index < -0.39 is 11.9 Å². The van der Waals surface area contributed by atoms with Crippen LogP contribution in [0.1, 0.15) is 27.6 Å². The van der Waals surface area contributed by atoms with E-state index in [1.807, 2.05) is 0 Å². The minimum atomic E-state index is -0.480.